The van der Waals surface area contributed by atoms with E-state index in [1.165, 1.54) is 12.8 Å². The van der Waals surface area contributed by atoms with Crippen LogP contribution in [0.4, 0.5) is 5.82 Å². The van der Waals surface area contributed by atoms with Crippen LogP contribution < -0.4 is 5.32 Å². The predicted molar refractivity (Wildman–Crippen MR) is 60.8 cm³/mol. The van der Waals surface area contributed by atoms with Gasteiger partial charge >= 0.3 is 0 Å². The minimum absolute atomic E-state index is 0.635. The fraction of sp³-hybridized carbons (Fsp3) is 0.583. The molecular formula is C12H18N2O. The lowest BCUT2D eigenvalue weighted by molar-refractivity contribution is 0.109. The van der Waals surface area contributed by atoms with Gasteiger partial charge in [0.2, 0.25) is 0 Å². The van der Waals surface area contributed by atoms with Crippen LogP contribution in [0.5, 0.6) is 0 Å². The normalized spacial score (nSPS) is 15.3. The van der Waals surface area contributed by atoms with Crippen molar-refractivity contribution in [3.8, 4) is 0 Å². The molecular weight excluding hydrogens is 188 g/mol. The lowest BCUT2D eigenvalue weighted by atomic mass is 10.3. The van der Waals surface area contributed by atoms with Gasteiger partial charge in [-0.15, -0.1) is 0 Å². The van der Waals surface area contributed by atoms with Crippen molar-refractivity contribution in [2.24, 2.45) is 5.92 Å². The Morgan fingerprint density at radius 1 is 1.47 bits per heavy atom. The lowest BCUT2D eigenvalue weighted by Crippen LogP contribution is -2.03. The second kappa shape index (κ2) is 5.12. The molecule has 0 atom stereocenters. The van der Waals surface area contributed by atoms with E-state index in [4.69, 9.17) is 4.74 Å². The highest BCUT2D eigenvalue weighted by molar-refractivity contribution is 5.34. The number of nitrogens with zero attached hydrogens (tertiary/aromatic N) is 1. The smallest absolute Gasteiger partial charge is 0.126 e. The second-order valence-corrected chi connectivity index (χ2v) is 4.00. The molecule has 1 aliphatic carbocycles. The summed E-state index contributed by atoms with van der Waals surface area (Å²) in [6.07, 6.45) is 2.68. The Kier molecular flexibility index (Phi) is 3.56. The number of hydrogen-bond donors (Lipinski definition) is 1. The van der Waals surface area contributed by atoms with E-state index in [1.807, 2.05) is 18.2 Å². The largest absolute Gasteiger partial charge is 0.375 e. The summed E-state index contributed by atoms with van der Waals surface area (Å²) in [5, 5.41) is 3.19. The number of hydrogen-bond acceptors (Lipinski definition) is 3. The van der Waals surface area contributed by atoms with Crippen LogP contribution in [0.3, 0.4) is 0 Å². The van der Waals surface area contributed by atoms with Gasteiger partial charge < -0.3 is 10.1 Å². The average molecular weight is 206 g/mol. The summed E-state index contributed by atoms with van der Waals surface area (Å²) in [6.45, 7) is 4.50. The van der Waals surface area contributed by atoms with Crippen LogP contribution in [-0.4, -0.2) is 18.1 Å². The Labute approximate surface area is 90.9 Å². The van der Waals surface area contributed by atoms with Crippen LogP contribution >= 0.6 is 0 Å². The molecule has 15 heavy (non-hydrogen) atoms. The molecule has 1 heterocycles. The molecule has 1 saturated carbocycles. The van der Waals surface area contributed by atoms with Crippen molar-refractivity contribution >= 4 is 5.82 Å². The Morgan fingerprint density at radius 3 is 3.07 bits per heavy atom. The van der Waals surface area contributed by atoms with Crippen molar-refractivity contribution in [3.05, 3.63) is 23.9 Å². The van der Waals surface area contributed by atoms with Gasteiger partial charge in [-0.2, -0.15) is 0 Å². The Balaban J connectivity index is 1.80. The number of anilines is 1. The maximum absolute atomic E-state index is 5.59. The first-order valence-corrected chi connectivity index (χ1v) is 5.66. The van der Waals surface area contributed by atoms with Crippen LogP contribution in [0.1, 0.15) is 25.5 Å². The van der Waals surface area contributed by atoms with Crippen LogP contribution in [0.25, 0.3) is 0 Å². The van der Waals surface area contributed by atoms with Gasteiger partial charge in [-0.25, -0.2) is 4.98 Å². The molecule has 1 aliphatic rings. The van der Waals surface area contributed by atoms with E-state index in [0.717, 1.165) is 30.6 Å². The zero-order valence-electron chi connectivity index (χ0n) is 9.20. The van der Waals surface area contributed by atoms with E-state index in [1.54, 1.807) is 0 Å². The van der Waals surface area contributed by atoms with Crippen molar-refractivity contribution in [1.29, 1.82) is 0 Å². The molecule has 0 aromatic carbocycles. The average Bonchev–Trinajstić information content (AvgIpc) is 3.03. The second-order valence-electron chi connectivity index (χ2n) is 4.00. The molecule has 0 saturated heterocycles. The number of ether oxygens (including phenoxy) is 1. The molecule has 0 aliphatic heterocycles. The highest BCUT2D eigenvalue weighted by Gasteiger charge is 2.21. The summed E-state index contributed by atoms with van der Waals surface area (Å²) in [5.74, 6) is 1.76. The zero-order valence-corrected chi connectivity index (χ0v) is 9.20. The van der Waals surface area contributed by atoms with Crippen molar-refractivity contribution in [3.63, 3.8) is 0 Å². The third kappa shape index (κ3) is 3.51. The van der Waals surface area contributed by atoms with Crippen LogP contribution in [-0.2, 0) is 11.3 Å². The minimum Gasteiger partial charge on any atom is -0.375 e. The van der Waals surface area contributed by atoms with Gasteiger partial charge in [-0.3, -0.25) is 0 Å². The lowest BCUT2D eigenvalue weighted by Gasteiger charge is -2.05. The number of nitrogens with one attached hydrogen (secondary N) is 1. The maximum Gasteiger partial charge on any atom is 0.126 e. The Hall–Kier alpha value is -1.09. The summed E-state index contributed by atoms with van der Waals surface area (Å²) in [6, 6.07) is 6.00. The number of rotatable bonds is 6. The molecule has 1 aromatic rings. The summed E-state index contributed by atoms with van der Waals surface area (Å²) >= 11 is 0. The van der Waals surface area contributed by atoms with E-state index < -0.39 is 0 Å². The van der Waals surface area contributed by atoms with Crippen molar-refractivity contribution in [1.82, 2.24) is 4.98 Å². The molecule has 0 unspecified atom stereocenters. The fourth-order valence-corrected chi connectivity index (χ4v) is 1.45. The van der Waals surface area contributed by atoms with E-state index in [0.29, 0.717) is 6.61 Å². The first-order chi connectivity index (χ1) is 7.38. The Morgan fingerprint density at radius 2 is 2.33 bits per heavy atom. The van der Waals surface area contributed by atoms with Gasteiger partial charge in [0.1, 0.15) is 5.82 Å². The van der Waals surface area contributed by atoms with Crippen molar-refractivity contribution in [2.75, 3.05) is 18.5 Å². The van der Waals surface area contributed by atoms with E-state index in [2.05, 4.69) is 17.2 Å². The van der Waals surface area contributed by atoms with Gasteiger partial charge in [-0.1, -0.05) is 6.07 Å². The molecule has 1 fully saturated rings. The van der Waals surface area contributed by atoms with Gasteiger partial charge in [0.25, 0.3) is 0 Å². The van der Waals surface area contributed by atoms with E-state index >= 15 is 0 Å². The number of aromatic nitrogens is 1. The van der Waals surface area contributed by atoms with Crippen LogP contribution in [0, 0.1) is 5.92 Å². The third-order valence-corrected chi connectivity index (χ3v) is 2.47. The van der Waals surface area contributed by atoms with Gasteiger partial charge in [0, 0.05) is 13.2 Å². The summed E-state index contributed by atoms with van der Waals surface area (Å²) in [5.41, 5.74) is 1.01. The molecule has 0 spiro atoms. The first-order valence-electron chi connectivity index (χ1n) is 5.66. The third-order valence-electron chi connectivity index (χ3n) is 2.47. The molecule has 1 aromatic heterocycles. The highest BCUT2D eigenvalue weighted by Crippen LogP contribution is 2.28. The monoisotopic (exact) mass is 206 g/mol. The SMILES string of the molecule is CCNc1cccc(COCC2CC2)n1. The van der Waals surface area contributed by atoms with Crippen molar-refractivity contribution < 1.29 is 4.74 Å². The molecule has 0 amide bonds. The highest BCUT2D eigenvalue weighted by atomic mass is 16.5. The topological polar surface area (TPSA) is 34.1 Å². The number of pyridine rings is 1. The molecule has 82 valence electrons. The standard InChI is InChI=1S/C12H18N2O/c1-2-13-12-5-3-4-11(14-12)9-15-8-10-6-7-10/h3-5,10H,2,6-9H2,1H3,(H,13,14). The van der Waals surface area contributed by atoms with Crippen molar-refractivity contribution in [2.45, 2.75) is 26.4 Å². The quantitative estimate of drug-likeness (QED) is 0.776. The van der Waals surface area contributed by atoms with Gasteiger partial charge in [0.05, 0.1) is 12.3 Å². The molecule has 1 N–H and O–H groups in total. The van der Waals surface area contributed by atoms with Gasteiger partial charge in [0.15, 0.2) is 0 Å². The molecule has 3 heteroatoms. The fourth-order valence-electron chi connectivity index (χ4n) is 1.45. The maximum atomic E-state index is 5.59. The zero-order chi connectivity index (χ0) is 10.5. The molecule has 0 radical (unpaired) electrons. The minimum atomic E-state index is 0.635. The van der Waals surface area contributed by atoms with Crippen LogP contribution in [0.15, 0.2) is 18.2 Å². The molecule has 2 rings (SSSR count). The predicted octanol–water partition coefficient (Wildman–Crippen LogP) is 2.44. The molecule has 0 bridgehead atoms. The van der Waals surface area contributed by atoms with E-state index in [9.17, 15) is 0 Å². The Bertz CT molecular complexity index is 310. The van der Waals surface area contributed by atoms with E-state index in [-0.39, 0.29) is 0 Å². The first kappa shape index (κ1) is 10.4. The summed E-state index contributed by atoms with van der Waals surface area (Å²) in [7, 11) is 0. The van der Waals surface area contributed by atoms with Crippen LogP contribution in [0.2, 0.25) is 0 Å². The van der Waals surface area contributed by atoms with Gasteiger partial charge in [-0.05, 0) is 37.8 Å². The molecule has 3 nitrogen and oxygen atoms in total. The summed E-state index contributed by atoms with van der Waals surface area (Å²) in [4.78, 5) is 4.44. The summed E-state index contributed by atoms with van der Waals surface area (Å²) < 4.78 is 5.59.